The van der Waals surface area contributed by atoms with Gasteiger partial charge in [0.2, 0.25) is 5.75 Å². The molecule has 5 nitrogen and oxygen atoms in total. The Balaban J connectivity index is 2.10. The van der Waals surface area contributed by atoms with Gasteiger partial charge in [-0.05, 0) is 35.4 Å². The van der Waals surface area contributed by atoms with E-state index in [0.717, 1.165) is 26.5 Å². The summed E-state index contributed by atoms with van der Waals surface area (Å²) in [5.41, 5.74) is 10.0. The summed E-state index contributed by atoms with van der Waals surface area (Å²) in [5.74, 6) is 1.59. The molecule has 3 N–H and O–H groups in total. The topological polar surface area (TPSA) is 69.5 Å². The molecular formula is C18H19BrN2O3. The lowest BCUT2D eigenvalue weighted by Crippen LogP contribution is -2.03. The number of benzene rings is 2. The fourth-order valence-corrected chi connectivity index (χ4v) is 3.24. The highest BCUT2D eigenvalue weighted by molar-refractivity contribution is 9.10. The summed E-state index contributed by atoms with van der Waals surface area (Å²) in [4.78, 5) is 3.29. The summed E-state index contributed by atoms with van der Waals surface area (Å²) in [6.45, 7) is 0. The number of rotatable bonds is 5. The highest BCUT2D eigenvalue weighted by Gasteiger charge is 2.19. The maximum absolute atomic E-state index is 6.30. The number of nitrogens with one attached hydrogen (secondary N) is 1. The summed E-state index contributed by atoms with van der Waals surface area (Å²) in [5, 5.41) is 1.15. The molecule has 0 atom stereocenters. The minimum atomic E-state index is 0.493. The molecule has 0 saturated carbocycles. The van der Waals surface area contributed by atoms with Crippen LogP contribution in [-0.2, 0) is 6.42 Å². The minimum Gasteiger partial charge on any atom is -0.493 e. The summed E-state index contributed by atoms with van der Waals surface area (Å²) >= 11 is 3.52. The molecule has 0 bridgehead atoms. The van der Waals surface area contributed by atoms with Crippen molar-refractivity contribution in [2.24, 2.45) is 0 Å². The molecule has 0 fully saturated rings. The van der Waals surface area contributed by atoms with Crippen molar-refractivity contribution in [1.29, 1.82) is 0 Å². The van der Waals surface area contributed by atoms with Gasteiger partial charge in [-0.3, -0.25) is 0 Å². The second kappa shape index (κ2) is 6.65. The molecule has 0 aliphatic carbocycles. The van der Waals surface area contributed by atoms with Gasteiger partial charge in [0.15, 0.2) is 11.5 Å². The van der Waals surface area contributed by atoms with Crippen LogP contribution in [0, 0.1) is 0 Å². The zero-order valence-electron chi connectivity index (χ0n) is 13.8. The summed E-state index contributed by atoms with van der Waals surface area (Å²) in [7, 11) is 4.73. The third kappa shape index (κ3) is 2.78. The number of H-pyrrole nitrogens is 1. The average molecular weight is 391 g/mol. The Morgan fingerprint density at radius 1 is 1.00 bits per heavy atom. The average Bonchev–Trinajstić information content (AvgIpc) is 2.98. The summed E-state index contributed by atoms with van der Waals surface area (Å²) in [6.07, 6.45) is 2.65. The molecule has 0 unspecified atom stereocenters. The maximum Gasteiger partial charge on any atom is 0.205 e. The molecule has 126 valence electrons. The third-order valence-electron chi connectivity index (χ3n) is 4.06. The van der Waals surface area contributed by atoms with E-state index < -0.39 is 0 Å². The van der Waals surface area contributed by atoms with Crippen LogP contribution in [0.1, 0.15) is 11.1 Å². The fraction of sp³-hybridized carbons (Fsp3) is 0.222. The number of halogens is 1. The first-order valence-electron chi connectivity index (χ1n) is 7.41. The quantitative estimate of drug-likeness (QED) is 0.642. The van der Waals surface area contributed by atoms with Crippen molar-refractivity contribution in [3.8, 4) is 17.2 Å². The Morgan fingerprint density at radius 2 is 1.75 bits per heavy atom. The molecule has 3 aromatic rings. The molecule has 0 aliphatic rings. The van der Waals surface area contributed by atoms with Crippen LogP contribution in [0.15, 0.2) is 34.9 Å². The zero-order valence-corrected chi connectivity index (χ0v) is 15.4. The lowest BCUT2D eigenvalue weighted by Gasteiger charge is -2.17. The molecule has 0 aliphatic heterocycles. The van der Waals surface area contributed by atoms with E-state index in [1.54, 1.807) is 21.3 Å². The smallest absolute Gasteiger partial charge is 0.205 e. The number of methoxy groups -OCH3 is 3. The molecule has 24 heavy (non-hydrogen) atoms. The molecule has 0 radical (unpaired) electrons. The summed E-state index contributed by atoms with van der Waals surface area (Å²) in [6, 6.07) is 8.04. The number of hydrogen-bond donors (Lipinski definition) is 2. The van der Waals surface area contributed by atoms with Gasteiger partial charge in [-0.2, -0.15) is 0 Å². The molecule has 1 aromatic heterocycles. The van der Waals surface area contributed by atoms with Gasteiger partial charge in [0, 0.05) is 28.0 Å². The first-order valence-corrected chi connectivity index (χ1v) is 8.21. The Bertz CT molecular complexity index is 890. The standard InChI is InChI=1S/C18H19BrN2O3/c1-22-15-7-10(16(20)18(24-3)17(15)23-2)6-11-9-21-14-5-4-12(19)8-13(11)14/h4-5,7-9,21H,6,20H2,1-3H3. The van der Waals surface area contributed by atoms with E-state index in [4.69, 9.17) is 19.9 Å². The van der Waals surface area contributed by atoms with Crippen LogP contribution in [0.25, 0.3) is 10.9 Å². The number of fused-ring (bicyclic) bond motifs is 1. The monoisotopic (exact) mass is 390 g/mol. The number of hydrogen-bond acceptors (Lipinski definition) is 4. The maximum atomic E-state index is 6.30. The van der Waals surface area contributed by atoms with Crippen LogP contribution in [0.5, 0.6) is 17.2 Å². The fourth-order valence-electron chi connectivity index (χ4n) is 2.88. The molecule has 6 heteroatoms. The van der Waals surface area contributed by atoms with E-state index in [1.807, 2.05) is 24.4 Å². The van der Waals surface area contributed by atoms with Crippen LogP contribution < -0.4 is 19.9 Å². The Labute approximate surface area is 148 Å². The van der Waals surface area contributed by atoms with Crippen molar-refractivity contribution < 1.29 is 14.2 Å². The Hall–Kier alpha value is -2.34. The van der Waals surface area contributed by atoms with E-state index in [-0.39, 0.29) is 0 Å². The van der Waals surface area contributed by atoms with Gasteiger partial charge in [-0.15, -0.1) is 0 Å². The van der Waals surface area contributed by atoms with E-state index >= 15 is 0 Å². The van der Waals surface area contributed by atoms with Gasteiger partial charge in [0.05, 0.1) is 27.0 Å². The zero-order chi connectivity index (χ0) is 17.3. The van der Waals surface area contributed by atoms with Gasteiger partial charge in [-0.25, -0.2) is 0 Å². The van der Waals surface area contributed by atoms with Gasteiger partial charge in [0.25, 0.3) is 0 Å². The van der Waals surface area contributed by atoms with Crippen LogP contribution in [0.4, 0.5) is 5.69 Å². The number of ether oxygens (including phenoxy) is 3. The van der Waals surface area contributed by atoms with E-state index in [9.17, 15) is 0 Å². The predicted molar refractivity (Wildman–Crippen MR) is 99.3 cm³/mol. The van der Waals surface area contributed by atoms with Gasteiger partial charge in [0.1, 0.15) is 0 Å². The third-order valence-corrected chi connectivity index (χ3v) is 4.56. The van der Waals surface area contributed by atoms with Gasteiger partial charge < -0.3 is 24.9 Å². The molecule has 2 aromatic carbocycles. The number of aromatic amines is 1. The van der Waals surface area contributed by atoms with Crippen molar-refractivity contribution in [1.82, 2.24) is 4.98 Å². The first kappa shape index (κ1) is 16.5. The van der Waals surface area contributed by atoms with Crippen LogP contribution in [0.2, 0.25) is 0 Å². The number of anilines is 1. The molecule has 1 heterocycles. The SMILES string of the molecule is COc1cc(Cc2c[nH]c3ccc(Br)cc23)c(N)c(OC)c1OC. The van der Waals surface area contributed by atoms with Crippen LogP contribution in [-0.4, -0.2) is 26.3 Å². The van der Waals surface area contributed by atoms with E-state index in [2.05, 4.69) is 27.0 Å². The van der Waals surface area contributed by atoms with Gasteiger partial charge in [-0.1, -0.05) is 15.9 Å². The largest absolute Gasteiger partial charge is 0.493 e. The number of nitrogen functional groups attached to an aromatic ring is 1. The van der Waals surface area contributed by atoms with Crippen molar-refractivity contribution in [3.05, 3.63) is 46.1 Å². The number of aromatic nitrogens is 1. The Morgan fingerprint density at radius 3 is 2.42 bits per heavy atom. The van der Waals surface area contributed by atoms with Crippen molar-refractivity contribution in [2.45, 2.75) is 6.42 Å². The Kier molecular flexibility index (Phi) is 4.57. The normalized spacial score (nSPS) is 10.8. The number of nitrogens with two attached hydrogens (primary N) is 1. The predicted octanol–water partition coefficient (Wildman–Crippen LogP) is 4.13. The highest BCUT2D eigenvalue weighted by atomic mass is 79.9. The molecular weight excluding hydrogens is 372 g/mol. The summed E-state index contributed by atoms with van der Waals surface area (Å²) < 4.78 is 17.3. The second-order valence-electron chi connectivity index (χ2n) is 5.40. The minimum absolute atomic E-state index is 0.493. The lowest BCUT2D eigenvalue weighted by molar-refractivity contribution is 0.325. The molecule has 0 amide bonds. The lowest BCUT2D eigenvalue weighted by atomic mass is 10.0. The van der Waals surface area contributed by atoms with Crippen LogP contribution >= 0.6 is 15.9 Å². The van der Waals surface area contributed by atoms with Crippen molar-refractivity contribution in [3.63, 3.8) is 0 Å². The van der Waals surface area contributed by atoms with Crippen molar-refractivity contribution >= 4 is 32.5 Å². The highest BCUT2D eigenvalue weighted by Crippen LogP contribution is 2.44. The van der Waals surface area contributed by atoms with Gasteiger partial charge >= 0.3 is 0 Å². The molecule has 0 saturated heterocycles. The molecule has 3 rings (SSSR count). The van der Waals surface area contributed by atoms with Crippen LogP contribution in [0.3, 0.4) is 0 Å². The second-order valence-corrected chi connectivity index (χ2v) is 6.31. The van der Waals surface area contributed by atoms with E-state index in [0.29, 0.717) is 29.4 Å². The first-order chi connectivity index (χ1) is 11.6. The van der Waals surface area contributed by atoms with E-state index in [1.165, 1.54) is 0 Å². The molecule has 0 spiro atoms. The van der Waals surface area contributed by atoms with Crippen molar-refractivity contribution in [2.75, 3.05) is 27.1 Å².